The van der Waals surface area contributed by atoms with E-state index in [2.05, 4.69) is 5.10 Å². The van der Waals surface area contributed by atoms with Gasteiger partial charge in [0.1, 0.15) is 0 Å². The minimum absolute atomic E-state index is 0.0787. The molecule has 4 nitrogen and oxygen atoms in total. The number of carbonyl (C=O) groups is 1. The Hall–Kier alpha value is -1.81. The summed E-state index contributed by atoms with van der Waals surface area (Å²) in [5.41, 5.74) is 0.674. The number of piperidine rings is 1. The van der Waals surface area contributed by atoms with Crippen molar-refractivity contribution < 1.29 is 4.79 Å². The first kappa shape index (κ1) is 14.1. The molecular formula is C16H18ClN3O. The maximum absolute atomic E-state index is 12.4. The van der Waals surface area contributed by atoms with Gasteiger partial charge in [-0.2, -0.15) is 5.10 Å². The van der Waals surface area contributed by atoms with Crippen molar-refractivity contribution in [1.82, 2.24) is 14.7 Å². The van der Waals surface area contributed by atoms with Crippen LogP contribution in [0.2, 0.25) is 5.02 Å². The molecule has 1 aliphatic rings. The summed E-state index contributed by atoms with van der Waals surface area (Å²) in [6, 6.07) is 9.11. The van der Waals surface area contributed by atoms with Crippen molar-refractivity contribution in [2.24, 2.45) is 5.92 Å². The molecule has 2 aromatic rings. The number of aromatic nitrogens is 2. The third-order valence-electron chi connectivity index (χ3n) is 3.98. The average molecular weight is 304 g/mol. The molecule has 3 rings (SSSR count). The molecule has 110 valence electrons. The number of nitrogens with zero attached hydrogens (tertiary/aromatic N) is 3. The number of halogens is 1. The highest BCUT2D eigenvalue weighted by Gasteiger charge is 2.24. The maximum atomic E-state index is 12.4. The van der Waals surface area contributed by atoms with E-state index in [1.54, 1.807) is 18.3 Å². The van der Waals surface area contributed by atoms with Crippen LogP contribution in [0.1, 0.15) is 23.2 Å². The SMILES string of the molecule is O=C(c1cccc(Cl)c1)N1CCC(Cn2cccn2)CC1. The van der Waals surface area contributed by atoms with Gasteiger partial charge in [-0.25, -0.2) is 0 Å². The molecule has 1 aliphatic heterocycles. The van der Waals surface area contributed by atoms with Crippen molar-refractivity contribution in [2.75, 3.05) is 13.1 Å². The van der Waals surface area contributed by atoms with Crippen molar-refractivity contribution in [3.05, 3.63) is 53.3 Å². The molecule has 0 saturated carbocycles. The van der Waals surface area contributed by atoms with Crippen molar-refractivity contribution in [3.63, 3.8) is 0 Å². The highest BCUT2D eigenvalue weighted by atomic mass is 35.5. The van der Waals surface area contributed by atoms with Crippen LogP contribution in [0.5, 0.6) is 0 Å². The lowest BCUT2D eigenvalue weighted by Crippen LogP contribution is -2.39. The molecule has 1 fully saturated rings. The number of likely N-dealkylation sites (tertiary alicyclic amines) is 1. The largest absolute Gasteiger partial charge is 0.339 e. The second kappa shape index (κ2) is 6.31. The molecule has 0 atom stereocenters. The number of amides is 1. The molecule has 1 saturated heterocycles. The Labute approximate surface area is 129 Å². The standard InChI is InChI=1S/C16H18ClN3O/c17-15-4-1-3-14(11-15)16(21)19-9-5-13(6-10-19)12-20-8-2-7-18-20/h1-4,7-8,11,13H,5-6,9-10,12H2. The van der Waals surface area contributed by atoms with Crippen LogP contribution in [0.3, 0.4) is 0 Å². The fraction of sp³-hybridized carbons (Fsp3) is 0.375. The summed E-state index contributed by atoms with van der Waals surface area (Å²) in [6.45, 7) is 2.54. The lowest BCUT2D eigenvalue weighted by Gasteiger charge is -2.32. The summed E-state index contributed by atoms with van der Waals surface area (Å²) in [7, 11) is 0. The predicted molar refractivity (Wildman–Crippen MR) is 82.3 cm³/mol. The van der Waals surface area contributed by atoms with Crippen molar-refractivity contribution >= 4 is 17.5 Å². The van der Waals surface area contributed by atoms with Gasteiger partial charge in [-0.3, -0.25) is 9.48 Å². The lowest BCUT2D eigenvalue weighted by molar-refractivity contribution is 0.0681. The smallest absolute Gasteiger partial charge is 0.253 e. The molecule has 0 unspecified atom stereocenters. The van der Waals surface area contributed by atoms with E-state index >= 15 is 0 Å². The number of hydrogen-bond donors (Lipinski definition) is 0. The summed E-state index contributed by atoms with van der Waals surface area (Å²) in [4.78, 5) is 14.3. The Morgan fingerprint density at radius 2 is 2.10 bits per heavy atom. The van der Waals surface area contributed by atoms with Crippen LogP contribution < -0.4 is 0 Å². The van der Waals surface area contributed by atoms with Crippen LogP contribution in [0, 0.1) is 5.92 Å². The van der Waals surface area contributed by atoms with Crippen LogP contribution in [0.15, 0.2) is 42.7 Å². The van der Waals surface area contributed by atoms with E-state index in [9.17, 15) is 4.79 Å². The van der Waals surface area contributed by atoms with Crippen molar-refractivity contribution in [1.29, 1.82) is 0 Å². The number of carbonyl (C=O) groups excluding carboxylic acids is 1. The van der Waals surface area contributed by atoms with Gasteiger partial charge in [-0.15, -0.1) is 0 Å². The first-order valence-corrected chi connectivity index (χ1v) is 7.62. The zero-order chi connectivity index (χ0) is 14.7. The van der Waals surface area contributed by atoms with E-state index in [1.165, 1.54) is 0 Å². The molecule has 1 aromatic heterocycles. The van der Waals surface area contributed by atoms with Crippen LogP contribution in [0.4, 0.5) is 0 Å². The van der Waals surface area contributed by atoms with E-state index < -0.39 is 0 Å². The second-order valence-electron chi connectivity index (χ2n) is 5.47. The van der Waals surface area contributed by atoms with E-state index in [1.807, 2.05) is 34.0 Å². The predicted octanol–water partition coefficient (Wildman–Crippen LogP) is 3.09. The Morgan fingerprint density at radius 3 is 2.76 bits per heavy atom. The first-order chi connectivity index (χ1) is 10.2. The molecular weight excluding hydrogens is 286 g/mol. The van der Waals surface area contributed by atoms with Gasteiger partial charge in [0, 0.05) is 42.6 Å². The summed E-state index contributed by atoms with van der Waals surface area (Å²) < 4.78 is 1.97. The van der Waals surface area contributed by atoms with Gasteiger partial charge >= 0.3 is 0 Å². The molecule has 0 N–H and O–H groups in total. The molecule has 0 aliphatic carbocycles. The first-order valence-electron chi connectivity index (χ1n) is 7.24. The monoisotopic (exact) mass is 303 g/mol. The summed E-state index contributed by atoms with van der Waals surface area (Å²) in [5.74, 6) is 0.670. The Bertz CT molecular complexity index is 604. The Balaban J connectivity index is 1.57. The van der Waals surface area contributed by atoms with Crippen molar-refractivity contribution in [3.8, 4) is 0 Å². The normalized spacial score (nSPS) is 16.1. The summed E-state index contributed by atoms with van der Waals surface area (Å²) in [6.07, 6.45) is 5.83. The zero-order valence-corrected chi connectivity index (χ0v) is 12.5. The highest BCUT2D eigenvalue weighted by molar-refractivity contribution is 6.30. The van der Waals surface area contributed by atoms with Gasteiger partial charge in [-0.05, 0) is 43.0 Å². The van der Waals surface area contributed by atoms with Crippen LogP contribution in [-0.4, -0.2) is 33.7 Å². The lowest BCUT2D eigenvalue weighted by atomic mass is 9.96. The fourth-order valence-electron chi connectivity index (χ4n) is 2.80. The van der Waals surface area contributed by atoms with E-state index in [4.69, 9.17) is 11.6 Å². The van der Waals surface area contributed by atoms with Gasteiger partial charge in [0.25, 0.3) is 5.91 Å². The molecule has 5 heteroatoms. The minimum atomic E-state index is 0.0787. The molecule has 0 bridgehead atoms. The van der Waals surface area contributed by atoms with Crippen LogP contribution in [0.25, 0.3) is 0 Å². The number of rotatable bonds is 3. The van der Waals surface area contributed by atoms with E-state index in [0.29, 0.717) is 16.5 Å². The van der Waals surface area contributed by atoms with Gasteiger partial charge < -0.3 is 4.90 Å². The van der Waals surface area contributed by atoms with E-state index in [0.717, 1.165) is 32.5 Å². The van der Waals surface area contributed by atoms with Gasteiger partial charge in [0.2, 0.25) is 0 Å². The third-order valence-corrected chi connectivity index (χ3v) is 4.21. The molecule has 0 radical (unpaired) electrons. The van der Waals surface area contributed by atoms with Gasteiger partial charge in [0.05, 0.1) is 0 Å². The zero-order valence-electron chi connectivity index (χ0n) is 11.8. The molecule has 1 aromatic carbocycles. The van der Waals surface area contributed by atoms with Gasteiger partial charge in [0.15, 0.2) is 0 Å². The molecule has 21 heavy (non-hydrogen) atoms. The Kier molecular flexibility index (Phi) is 4.25. The average Bonchev–Trinajstić information content (AvgIpc) is 3.00. The minimum Gasteiger partial charge on any atom is -0.339 e. The third kappa shape index (κ3) is 3.45. The molecule has 0 spiro atoms. The fourth-order valence-corrected chi connectivity index (χ4v) is 2.99. The number of benzene rings is 1. The summed E-state index contributed by atoms with van der Waals surface area (Å²) >= 11 is 5.95. The molecule has 2 heterocycles. The topological polar surface area (TPSA) is 38.1 Å². The quantitative estimate of drug-likeness (QED) is 0.874. The number of hydrogen-bond acceptors (Lipinski definition) is 2. The second-order valence-corrected chi connectivity index (χ2v) is 5.91. The highest BCUT2D eigenvalue weighted by Crippen LogP contribution is 2.21. The van der Waals surface area contributed by atoms with E-state index in [-0.39, 0.29) is 5.91 Å². The molecule has 1 amide bonds. The summed E-state index contributed by atoms with van der Waals surface area (Å²) in [5, 5.41) is 4.85. The van der Waals surface area contributed by atoms with Crippen molar-refractivity contribution in [2.45, 2.75) is 19.4 Å². The van der Waals surface area contributed by atoms with Crippen LogP contribution >= 0.6 is 11.6 Å². The maximum Gasteiger partial charge on any atom is 0.253 e. The Morgan fingerprint density at radius 1 is 1.29 bits per heavy atom. The van der Waals surface area contributed by atoms with Gasteiger partial charge in [-0.1, -0.05) is 17.7 Å². The van der Waals surface area contributed by atoms with Crippen LogP contribution in [-0.2, 0) is 6.54 Å².